The molecule has 1 unspecified atom stereocenters. The largest absolute Gasteiger partial charge is 0.493 e. The molecule has 0 amide bonds. The van der Waals surface area contributed by atoms with Gasteiger partial charge in [0.25, 0.3) is 0 Å². The van der Waals surface area contributed by atoms with Crippen LogP contribution in [-0.4, -0.2) is 11.7 Å². The van der Waals surface area contributed by atoms with Crippen molar-refractivity contribution in [3.8, 4) is 5.75 Å². The molecule has 1 N–H and O–H groups in total. The van der Waals surface area contributed by atoms with Gasteiger partial charge in [0.05, 0.1) is 6.61 Å². The van der Waals surface area contributed by atoms with Crippen LogP contribution in [0.1, 0.15) is 36.5 Å². The third-order valence-electron chi connectivity index (χ3n) is 4.02. The molecule has 1 aliphatic rings. The summed E-state index contributed by atoms with van der Waals surface area (Å²) in [6.45, 7) is 2.81. The zero-order valence-electron chi connectivity index (χ0n) is 11.8. The molecule has 0 saturated heterocycles. The minimum Gasteiger partial charge on any atom is -0.493 e. The molecule has 1 heterocycles. The molecule has 0 aliphatic carbocycles. The molecule has 20 heavy (non-hydrogen) atoms. The van der Waals surface area contributed by atoms with Crippen molar-refractivity contribution in [3.05, 3.63) is 65.2 Å². The number of fused-ring (bicyclic) bond motifs is 1. The maximum atomic E-state index is 11.3. The lowest BCUT2D eigenvalue weighted by atomic mass is 9.81. The molecule has 1 aliphatic heterocycles. The van der Waals surface area contributed by atoms with E-state index >= 15 is 0 Å². The van der Waals surface area contributed by atoms with Crippen LogP contribution in [0.3, 0.4) is 0 Å². The molecule has 2 heteroatoms. The van der Waals surface area contributed by atoms with Crippen molar-refractivity contribution in [2.75, 3.05) is 6.61 Å². The first-order valence-electron chi connectivity index (χ1n) is 7.29. The van der Waals surface area contributed by atoms with Crippen molar-refractivity contribution in [2.45, 2.75) is 31.8 Å². The van der Waals surface area contributed by atoms with E-state index in [0.29, 0.717) is 13.0 Å². The highest BCUT2D eigenvalue weighted by Crippen LogP contribution is 2.42. The first-order valence-corrected chi connectivity index (χ1v) is 7.29. The van der Waals surface area contributed by atoms with Gasteiger partial charge in [0.2, 0.25) is 0 Å². The summed E-state index contributed by atoms with van der Waals surface area (Å²) in [5, 5.41) is 11.3. The highest BCUT2D eigenvalue weighted by Gasteiger charge is 2.35. The zero-order valence-corrected chi connectivity index (χ0v) is 11.8. The van der Waals surface area contributed by atoms with Crippen LogP contribution in [0.15, 0.2) is 48.5 Å². The van der Waals surface area contributed by atoms with Crippen molar-refractivity contribution in [3.63, 3.8) is 0 Å². The predicted molar refractivity (Wildman–Crippen MR) is 80.0 cm³/mol. The van der Waals surface area contributed by atoms with Crippen molar-refractivity contribution in [2.24, 2.45) is 0 Å². The van der Waals surface area contributed by atoms with Gasteiger partial charge in [-0.2, -0.15) is 0 Å². The number of para-hydroxylation sites is 1. The van der Waals surface area contributed by atoms with Crippen LogP contribution in [0.4, 0.5) is 0 Å². The lowest BCUT2D eigenvalue weighted by Gasteiger charge is -2.30. The van der Waals surface area contributed by atoms with Gasteiger partial charge < -0.3 is 9.84 Å². The Hall–Kier alpha value is -1.80. The second-order valence-corrected chi connectivity index (χ2v) is 5.37. The maximum absolute atomic E-state index is 11.3. The van der Waals surface area contributed by atoms with Gasteiger partial charge in [0.15, 0.2) is 0 Å². The summed E-state index contributed by atoms with van der Waals surface area (Å²) in [5.74, 6) is 0.882. The summed E-state index contributed by atoms with van der Waals surface area (Å²) in [5.41, 5.74) is 2.07. The molecule has 104 valence electrons. The Balaban J connectivity index is 2.14. The summed E-state index contributed by atoms with van der Waals surface area (Å²) >= 11 is 0. The molecule has 0 radical (unpaired) electrons. The topological polar surface area (TPSA) is 29.5 Å². The smallest absolute Gasteiger partial charge is 0.129 e. The lowest BCUT2D eigenvalue weighted by molar-refractivity contribution is 0.0673. The summed E-state index contributed by atoms with van der Waals surface area (Å²) < 4.78 is 5.78. The molecule has 3 rings (SSSR count). The minimum absolute atomic E-state index is 0.691. The van der Waals surface area contributed by atoms with Crippen LogP contribution in [-0.2, 0) is 12.0 Å². The normalized spacial score (nSPS) is 16.3. The summed E-state index contributed by atoms with van der Waals surface area (Å²) in [7, 11) is 0. The van der Waals surface area contributed by atoms with E-state index in [9.17, 15) is 5.11 Å². The molecule has 0 bridgehead atoms. The van der Waals surface area contributed by atoms with Crippen LogP contribution in [0.5, 0.6) is 5.75 Å². The van der Waals surface area contributed by atoms with Crippen LogP contribution in [0.25, 0.3) is 0 Å². The fourth-order valence-corrected chi connectivity index (χ4v) is 3.05. The SMILES string of the molecule is CCCC(O)(c1ccccc1)c1cccc2c1OCC2. The van der Waals surface area contributed by atoms with Gasteiger partial charge in [-0.05, 0) is 17.5 Å². The number of benzene rings is 2. The van der Waals surface area contributed by atoms with Crippen molar-refractivity contribution in [1.29, 1.82) is 0 Å². The molecule has 2 aromatic carbocycles. The summed E-state index contributed by atoms with van der Waals surface area (Å²) in [6.07, 6.45) is 2.53. The van der Waals surface area contributed by atoms with E-state index in [0.717, 1.165) is 29.7 Å². The van der Waals surface area contributed by atoms with Crippen molar-refractivity contribution >= 4 is 0 Å². The highest BCUT2D eigenvalue weighted by atomic mass is 16.5. The average molecular weight is 268 g/mol. The van der Waals surface area contributed by atoms with Crippen LogP contribution < -0.4 is 4.74 Å². The Morgan fingerprint density at radius 2 is 1.90 bits per heavy atom. The lowest BCUT2D eigenvalue weighted by Crippen LogP contribution is -2.27. The monoisotopic (exact) mass is 268 g/mol. The van der Waals surface area contributed by atoms with Crippen LogP contribution >= 0.6 is 0 Å². The quantitative estimate of drug-likeness (QED) is 0.917. The molecular formula is C18H20O2. The highest BCUT2D eigenvalue weighted by molar-refractivity contribution is 5.50. The second-order valence-electron chi connectivity index (χ2n) is 5.37. The molecule has 2 nitrogen and oxygen atoms in total. The maximum Gasteiger partial charge on any atom is 0.129 e. The number of hydrogen-bond donors (Lipinski definition) is 1. The van der Waals surface area contributed by atoms with Gasteiger partial charge in [-0.15, -0.1) is 0 Å². The van der Waals surface area contributed by atoms with Gasteiger partial charge in [-0.1, -0.05) is 61.9 Å². The standard InChI is InChI=1S/C18H20O2/c1-2-12-18(19,15-8-4-3-5-9-15)16-10-6-7-14-11-13-20-17(14)16/h3-10,19H,2,11-13H2,1H3. The fraction of sp³-hybridized carbons (Fsp3) is 0.333. The Morgan fingerprint density at radius 3 is 2.65 bits per heavy atom. The Bertz CT molecular complexity index is 592. The van der Waals surface area contributed by atoms with Gasteiger partial charge in [-0.25, -0.2) is 0 Å². The van der Waals surface area contributed by atoms with E-state index in [4.69, 9.17) is 4.74 Å². The van der Waals surface area contributed by atoms with Gasteiger partial charge in [0, 0.05) is 12.0 Å². The molecule has 1 atom stereocenters. The Labute approximate surface area is 120 Å². The second kappa shape index (κ2) is 5.29. The van der Waals surface area contributed by atoms with E-state index < -0.39 is 5.60 Å². The van der Waals surface area contributed by atoms with Gasteiger partial charge >= 0.3 is 0 Å². The number of hydrogen-bond acceptors (Lipinski definition) is 2. The summed E-state index contributed by atoms with van der Waals surface area (Å²) in [6, 6.07) is 16.0. The van der Waals surface area contributed by atoms with E-state index in [1.54, 1.807) is 0 Å². The first-order chi connectivity index (χ1) is 9.75. The summed E-state index contributed by atoms with van der Waals surface area (Å²) in [4.78, 5) is 0. The van der Waals surface area contributed by atoms with Gasteiger partial charge in [0.1, 0.15) is 11.4 Å². The Kier molecular flexibility index (Phi) is 3.49. The number of ether oxygens (including phenoxy) is 1. The molecule has 0 spiro atoms. The van der Waals surface area contributed by atoms with E-state index in [-0.39, 0.29) is 0 Å². The minimum atomic E-state index is -0.967. The number of aliphatic hydroxyl groups is 1. The Morgan fingerprint density at radius 1 is 1.10 bits per heavy atom. The average Bonchev–Trinajstić information content (AvgIpc) is 2.96. The first kappa shape index (κ1) is 13.2. The van der Waals surface area contributed by atoms with Crippen LogP contribution in [0.2, 0.25) is 0 Å². The molecular weight excluding hydrogens is 248 g/mol. The molecule has 0 saturated carbocycles. The van der Waals surface area contributed by atoms with E-state index in [2.05, 4.69) is 13.0 Å². The van der Waals surface area contributed by atoms with E-state index in [1.165, 1.54) is 5.56 Å². The third kappa shape index (κ3) is 2.10. The van der Waals surface area contributed by atoms with E-state index in [1.807, 2.05) is 42.5 Å². The van der Waals surface area contributed by atoms with Crippen molar-refractivity contribution in [1.82, 2.24) is 0 Å². The third-order valence-corrected chi connectivity index (χ3v) is 4.02. The fourth-order valence-electron chi connectivity index (χ4n) is 3.05. The predicted octanol–water partition coefficient (Wildman–Crippen LogP) is 3.66. The number of rotatable bonds is 4. The van der Waals surface area contributed by atoms with Gasteiger partial charge in [-0.3, -0.25) is 0 Å². The zero-order chi connectivity index (χ0) is 14.0. The van der Waals surface area contributed by atoms with Crippen LogP contribution in [0, 0.1) is 0 Å². The molecule has 0 fully saturated rings. The molecule has 2 aromatic rings. The molecule has 0 aromatic heterocycles. The van der Waals surface area contributed by atoms with Crippen molar-refractivity contribution < 1.29 is 9.84 Å².